The number of hydrogen-bond acceptors (Lipinski definition) is 6. The molecule has 0 saturated heterocycles. The van der Waals surface area contributed by atoms with Crippen molar-refractivity contribution in [2.75, 3.05) is 12.4 Å². The average Bonchev–Trinajstić information content (AvgIpc) is 3.35. The molecule has 4 rings (SSSR count). The van der Waals surface area contributed by atoms with Crippen LogP contribution in [0, 0.1) is 11.6 Å². The van der Waals surface area contributed by atoms with Gasteiger partial charge in [0.1, 0.15) is 11.6 Å². The van der Waals surface area contributed by atoms with Crippen molar-refractivity contribution in [1.82, 2.24) is 25.7 Å². The van der Waals surface area contributed by atoms with Gasteiger partial charge in [-0.05, 0) is 36.9 Å². The summed E-state index contributed by atoms with van der Waals surface area (Å²) in [5.74, 6) is -1.74. The number of aromatic amines is 1. The fourth-order valence-electron chi connectivity index (χ4n) is 2.77. The van der Waals surface area contributed by atoms with E-state index in [4.69, 9.17) is 4.42 Å². The summed E-state index contributed by atoms with van der Waals surface area (Å²) in [5, 5.41) is 20.1. The summed E-state index contributed by atoms with van der Waals surface area (Å²) in [5.41, 5.74) is 1.70. The number of H-pyrrole nitrogens is 1. The van der Waals surface area contributed by atoms with Crippen LogP contribution in [0.3, 0.4) is 0 Å². The zero-order valence-corrected chi connectivity index (χ0v) is 15.7. The number of rotatable bonds is 6. The van der Waals surface area contributed by atoms with E-state index in [0.717, 1.165) is 5.56 Å². The van der Waals surface area contributed by atoms with E-state index in [-0.39, 0.29) is 23.3 Å². The van der Waals surface area contributed by atoms with E-state index in [2.05, 4.69) is 31.0 Å². The smallest absolute Gasteiger partial charge is 0.313 e. The van der Waals surface area contributed by atoms with Crippen molar-refractivity contribution >= 4 is 34.6 Å². The van der Waals surface area contributed by atoms with Crippen LogP contribution in [-0.2, 0) is 6.54 Å². The number of nitrogens with one attached hydrogen (secondary N) is 3. The molecule has 30 heavy (non-hydrogen) atoms. The molecule has 0 aliphatic rings. The molecule has 0 atom stereocenters. The van der Waals surface area contributed by atoms with Crippen LogP contribution >= 0.6 is 0 Å². The monoisotopic (exact) mass is 410 g/mol. The molecule has 0 aliphatic heterocycles. The van der Waals surface area contributed by atoms with Crippen molar-refractivity contribution in [2.45, 2.75) is 6.54 Å². The minimum absolute atomic E-state index is 0.0568. The molecular weight excluding hydrogens is 394 g/mol. The molecule has 8 nitrogen and oxygen atoms in total. The highest BCUT2D eigenvalue weighted by atomic mass is 19.1. The van der Waals surface area contributed by atoms with Crippen LogP contribution in [0.15, 0.2) is 40.8 Å². The van der Waals surface area contributed by atoms with E-state index in [9.17, 15) is 13.6 Å². The Bertz CT molecular complexity index is 1230. The number of anilines is 1. The molecule has 3 N–H and O–H groups in total. The Morgan fingerprint density at radius 1 is 1.17 bits per heavy atom. The first kappa shape index (κ1) is 19.4. The standard InChI is InChI=1S/C20H16F2N6O2/c1-23-10-18-27-28-20(30-18)19(29)24-17-8-13-15(25-26-16(13)9-14(17)22)7-4-11-2-5-12(21)6-3-11/h2-9,23H,10H2,1H3,(H,24,29)(H,25,26)/b7-4+. The van der Waals surface area contributed by atoms with Crippen molar-refractivity contribution in [3.63, 3.8) is 0 Å². The minimum Gasteiger partial charge on any atom is -0.415 e. The van der Waals surface area contributed by atoms with Crippen LogP contribution in [-0.4, -0.2) is 33.3 Å². The summed E-state index contributed by atoms with van der Waals surface area (Å²) in [6.45, 7) is 0.305. The zero-order valence-electron chi connectivity index (χ0n) is 15.7. The van der Waals surface area contributed by atoms with Crippen molar-refractivity contribution in [1.29, 1.82) is 0 Å². The first-order valence-electron chi connectivity index (χ1n) is 8.93. The Labute approximate surface area is 169 Å². The molecule has 0 radical (unpaired) electrons. The maximum absolute atomic E-state index is 14.4. The molecule has 0 saturated carbocycles. The van der Waals surface area contributed by atoms with E-state index >= 15 is 0 Å². The van der Waals surface area contributed by atoms with E-state index in [0.29, 0.717) is 23.1 Å². The Balaban J connectivity index is 1.59. The first-order valence-corrected chi connectivity index (χ1v) is 8.93. The van der Waals surface area contributed by atoms with Gasteiger partial charge in [-0.1, -0.05) is 18.2 Å². The van der Waals surface area contributed by atoms with Gasteiger partial charge < -0.3 is 15.1 Å². The maximum atomic E-state index is 14.4. The van der Waals surface area contributed by atoms with Gasteiger partial charge in [-0.3, -0.25) is 9.89 Å². The predicted molar refractivity (Wildman–Crippen MR) is 106 cm³/mol. The lowest BCUT2D eigenvalue weighted by Crippen LogP contribution is -2.13. The highest BCUT2D eigenvalue weighted by Crippen LogP contribution is 2.25. The third-order valence-electron chi connectivity index (χ3n) is 4.22. The van der Waals surface area contributed by atoms with Crippen LogP contribution in [0.2, 0.25) is 0 Å². The van der Waals surface area contributed by atoms with Gasteiger partial charge in [-0.2, -0.15) is 5.10 Å². The number of aromatic nitrogens is 4. The highest BCUT2D eigenvalue weighted by Gasteiger charge is 2.18. The number of benzene rings is 2. The Hall–Kier alpha value is -3.92. The van der Waals surface area contributed by atoms with Crippen molar-refractivity contribution < 1.29 is 18.0 Å². The second-order valence-corrected chi connectivity index (χ2v) is 6.36. The molecule has 2 aromatic heterocycles. The molecule has 152 valence electrons. The normalized spacial score (nSPS) is 11.4. The number of nitrogens with zero attached hydrogens (tertiary/aromatic N) is 3. The molecule has 0 unspecified atom stereocenters. The largest absolute Gasteiger partial charge is 0.415 e. The second-order valence-electron chi connectivity index (χ2n) is 6.36. The number of carbonyl (C=O) groups excluding carboxylic acids is 1. The Morgan fingerprint density at radius 3 is 2.73 bits per heavy atom. The second kappa shape index (κ2) is 8.21. The van der Waals surface area contributed by atoms with Crippen LogP contribution in [0.4, 0.5) is 14.5 Å². The molecule has 4 aromatic rings. The molecular formula is C20H16F2N6O2. The molecule has 10 heteroatoms. The van der Waals surface area contributed by atoms with Gasteiger partial charge in [-0.25, -0.2) is 8.78 Å². The zero-order chi connectivity index (χ0) is 21.1. The first-order chi connectivity index (χ1) is 14.5. The van der Waals surface area contributed by atoms with Crippen molar-refractivity contribution in [3.05, 3.63) is 71.1 Å². The molecule has 2 aromatic carbocycles. The summed E-state index contributed by atoms with van der Waals surface area (Å²) in [4.78, 5) is 12.3. The molecule has 0 spiro atoms. The quantitative estimate of drug-likeness (QED) is 0.450. The Kier molecular flexibility index (Phi) is 5.31. The van der Waals surface area contributed by atoms with Crippen LogP contribution < -0.4 is 10.6 Å². The summed E-state index contributed by atoms with van der Waals surface area (Å²) in [6.07, 6.45) is 3.45. The highest BCUT2D eigenvalue weighted by molar-refractivity contribution is 6.02. The fourth-order valence-corrected chi connectivity index (χ4v) is 2.77. The van der Waals surface area contributed by atoms with Gasteiger partial charge in [0.2, 0.25) is 5.89 Å². The van der Waals surface area contributed by atoms with Gasteiger partial charge in [0.25, 0.3) is 0 Å². The lowest BCUT2D eigenvalue weighted by atomic mass is 10.1. The van der Waals surface area contributed by atoms with Crippen LogP contribution in [0.5, 0.6) is 0 Å². The average molecular weight is 410 g/mol. The van der Waals surface area contributed by atoms with E-state index in [1.165, 1.54) is 24.3 Å². The summed E-state index contributed by atoms with van der Waals surface area (Å²) < 4.78 is 32.7. The lowest BCUT2D eigenvalue weighted by molar-refractivity contribution is 0.0988. The number of fused-ring (bicyclic) bond motifs is 1. The fraction of sp³-hybridized carbons (Fsp3) is 0.100. The van der Waals surface area contributed by atoms with Gasteiger partial charge in [0.15, 0.2) is 0 Å². The number of amides is 1. The van der Waals surface area contributed by atoms with Gasteiger partial charge in [0, 0.05) is 11.5 Å². The SMILES string of the molecule is CNCc1nnc(C(=O)Nc2cc3c(/C=C/c4ccc(F)cc4)n[nH]c3cc2F)o1. The van der Waals surface area contributed by atoms with Crippen LogP contribution in [0.1, 0.15) is 27.8 Å². The predicted octanol–water partition coefficient (Wildman–Crippen LogP) is 3.37. The molecule has 1 amide bonds. The topological polar surface area (TPSA) is 109 Å². The summed E-state index contributed by atoms with van der Waals surface area (Å²) >= 11 is 0. The summed E-state index contributed by atoms with van der Waals surface area (Å²) in [7, 11) is 1.70. The minimum atomic E-state index is -0.727. The molecule has 2 heterocycles. The lowest BCUT2D eigenvalue weighted by Gasteiger charge is -2.04. The Morgan fingerprint density at radius 2 is 1.97 bits per heavy atom. The number of halogens is 2. The van der Waals surface area contributed by atoms with Gasteiger partial charge in [0.05, 0.1) is 23.4 Å². The summed E-state index contributed by atoms with van der Waals surface area (Å²) in [6, 6.07) is 8.64. The van der Waals surface area contributed by atoms with Crippen LogP contribution in [0.25, 0.3) is 23.1 Å². The molecule has 0 fully saturated rings. The van der Waals surface area contributed by atoms with E-state index in [1.54, 1.807) is 31.3 Å². The maximum Gasteiger partial charge on any atom is 0.313 e. The number of hydrogen-bond donors (Lipinski definition) is 3. The molecule has 0 bridgehead atoms. The van der Waals surface area contributed by atoms with E-state index in [1.807, 2.05) is 0 Å². The number of carbonyl (C=O) groups is 1. The van der Waals surface area contributed by atoms with Crippen molar-refractivity contribution in [2.24, 2.45) is 0 Å². The van der Waals surface area contributed by atoms with E-state index < -0.39 is 11.7 Å². The van der Waals surface area contributed by atoms with Gasteiger partial charge >= 0.3 is 11.8 Å². The third-order valence-corrected chi connectivity index (χ3v) is 4.22. The third kappa shape index (κ3) is 4.08. The van der Waals surface area contributed by atoms with Gasteiger partial charge in [-0.15, -0.1) is 10.2 Å². The molecule has 0 aliphatic carbocycles. The van der Waals surface area contributed by atoms with Crippen molar-refractivity contribution in [3.8, 4) is 0 Å².